The molecule has 0 fully saturated rings. The molecule has 186 valence electrons. The predicted molar refractivity (Wildman–Crippen MR) is 123 cm³/mol. The maximum atomic E-state index is 14.0. The normalized spacial score (nSPS) is 12.8. The molecule has 0 N–H and O–H groups in total. The highest BCUT2D eigenvalue weighted by atomic mass is 32.2. The number of nitrogens with zero attached hydrogens (tertiary/aromatic N) is 2. The molecule has 3 aromatic rings. The van der Waals surface area contributed by atoms with E-state index in [9.17, 15) is 30.8 Å². The third-order valence-electron chi connectivity index (χ3n) is 5.13. The van der Waals surface area contributed by atoms with Gasteiger partial charge in [0.05, 0.1) is 16.5 Å². The number of carbonyl (C=O) groups excluding carboxylic acids is 1. The smallest absolute Gasteiger partial charge is 0.317 e. The first-order valence-electron chi connectivity index (χ1n) is 10.4. The summed E-state index contributed by atoms with van der Waals surface area (Å²) in [6.07, 6.45) is -3.93. The van der Waals surface area contributed by atoms with Gasteiger partial charge in [-0.15, -0.1) is 0 Å². The van der Waals surface area contributed by atoms with Crippen molar-refractivity contribution in [3.63, 3.8) is 0 Å². The minimum absolute atomic E-state index is 0.0382. The monoisotopic (exact) mass is 510 g/mol. The van der Waals surface area contributed by atoms with Crippen LogP contribution in [0.1, 0.15) is 25.1 Å². The van der Waals surface area contributed by atoms with Crippen molar-refractivity contribution in [1.29, 1.82) is 0 Å². The lowest BCUT2D eigenvalue weighted by Crippen LogP contribution is -2.26. The van der Waals surface area contributed by atoms with Gasteiger partial charge in [-0.2, -0.15) is 13.2 Å². The molecule has 2 aromatic carbocycles. The fraction of sp³-hybridized carbons (Fsp3) is 0.250. The molecule has 0 aliphatic heterocycles. The van der Waals surface area contributed by atoms with E-state index in [1.54, 1.807) is 0 Å². The van der Waals surface area contributed by atoms with Gasteiger partial charge in [-0.3, -0.25) is 0 Å². The van der Waals surface area contributed by atoms with E-state index < -0.39 is 39.4 Å². The van der Waals surface area contributed by atoms with Crippen molar-refractivity contribution in [2.45, 2.75) is 31.8 Å². The number of rotatable bonds is 6. The zero-order valence-corrected chi connectivity index (χ0v) is 20.0. The Balaban J connectivity index is 2.26. The van der Waals surface area contributed by atoms with Gasteiger partial charge < -0.3 is 9.40 Å². The molecule has 0 unspecified atom stereocenters. The molecule has 0 amide bonds. The first kappa shape index (κ1) is 26.1. The number of alkyl halides is 3. The summed E-state index contributed by atoms with van der Waals surface area (Å²) in [5.74, 6) is -2.16. The van der Waals surface area contributed by atoms with Gasteiger partial charge in [0.1, 0.15) is 5.82 Å². The molecule has 0 aliphatic rings. The van der Waals surface area contributed by atoms with Crippen molar-refractivity contribution >= 4 is 21.5 Å². The Morgan fingerprint density at radius 1 is 1.03 bits per heavy atom. The number of benzene rings is 2. The molecule has 0 bridgehead atoms. The summed E-state index contributed by atoms with van der Waals surface area (Å²) in [5.41, 5.74) is -0.666. The highest BCUT2D eigenvalue weighted by Crippen LogP contribution is 2.34. The Labute approximate surface area is 199 Å². The molecule has 0 aliphatic carbocycles. The summed E-state index contributed by atoms with van der Waals surface area (Å²) in [6, 6.07) is 11.9. The van der Waals surface area contributed by atoms with Crippen LogP contribution in [-0.4, -0.2) is 37.1 Å². The number of oxime groups is 1. The lowest BCUT2D eigenvalue weighted by atomic mass is 10.1. The molecule has 35 heavy (non-hydrogen) atoms. The molecule has 11 heteroatoms. The third kappa shape index (κ3) is 5.79. The molecule has 6 nitrogen and oxygen atoms in total. The minimum atomic E-state index is -4.96. The lowest BCUT2D eigenvalue weighted by molar-refractivity contribution is -0.147. The van der Waals surface area contributed by atoms with Crippen LogP contribution in [0.25, 0.3) is 16.9 Å². The van der Waals surface area contributed by atoms with Gasteiger partial charge in [0.15, 0.2) is 15.5 Å². The summed E-state index contributed by atoms with van der Waals surface area (Å²) in [4.78, 5) is 16.3. The van der Waals surface area contributed by atoms with E-state index in [1.807, 2.05) is 0 Å². The second-order valence-electron chi connectivity index (χ2n) is 8.14. The first-order valence-corrected chi connectivity index (χ1v) is 12.2. The number of hydrogen-bond acceptors (Lipinski definition) is 5. The van der Waals surface area contributed by atoms with E-state index >= 15 is 0 Å². The van der Waals surface area contributed by atoms with Crippen LogP contribution in [0.5, 0.6) is 0 Å². The number of halogens is 4. The average Bonchev–Trinajstić information content (AvgIpc) is 3.09. The maximum absolute atomic E-state index is 14.0. The topological polar surface area (TPSA) is 77.7 Å². The molecular formula is C24H22F4N2O4S. The highest BCUT2D eigenvalue weighted by molar-refractivity contribution is 7.90. The van der Waals surface area contributed by atoms with E-state index in [1.165, 1.54) is 67.8 Å². The molecule has 0 spiro atoms. The number of aromatic nitrogens is 1. The van der Waals surface area contributed by atoms with Gasteiger partial charge in [0.2, 0.25) is 0 Å². The Kier molecular flexibility index (Phi) is 7.21. The van der Waals surface area contributed by atoms with Gasteiger partial charge in [-0.1, -0.05) is 31.1 Å². The molecular weight excluding hydrogens is 488 g/mol. The zero-order chi connectivity index (χ0) is 26.1. The largest absolute Gasteiger partial charge is 0.437 e. The summed E-state index contributed by atoms with van der Waals surface area (Å²) >= 11 is 0. The molecule has 0 radical (unpaired) electrons. The summed E-state index contributed by atoms with van der Waals surface area (Å²) in [6.45, 7) is 4.33. The van der Waals surface area contributed by atoms with Crippen LogP contribution in [0.15, 0.2) is 64.6 Å². The van der Waals surface area contributed by atoms with E-state index in [4.69, 9.17) is 0 Å². The molecule has 1 aromatic heterocycles. The van der Waals surface area contributed by atoms with Crippen molar-refractivity contribution in [1.82, 2.24) is 4.57 Å². The molecule has 3 rings (SSSR count). The summed E-state index contributed by atoms with van der Waals surface area (Å²) in [7, 11) is -3.49. The quantitative estimate of drug-likeness (QED) is 0.191. The van der Waals surface area contributed by atoms with Crippen LogP contribution >= 0.6 is 0 Å². The minimum Gasteiger partial charge on any atom is -0.317 e. The van der Waals surface area contributed by atoms with Crippen LogP contribution in [-0.2, 0) is 19.5 Å². The van der Waals surface area contributed by atoms with Crippen LogP contribution in [0, 0.1) is 18.7 Å². The average molecular weight is 511 g/mol. The van der Waals surface area contributed by atoms with Gasteiger partial charge in [-0.25, -0.2) is 17.6 Å². The maximum Gasteiger partial charge on any atom is 0.437 e. The van der Waals surface area contributed by atoms with Gasteiger partial charge in [-0.05, 0) is 55.0 Å². The summed E-state index contributed by atoms with van der Waals surface area (Å²) < 4.78 is 80.5. The van der Waals surface area contributed by atoms with Gasteiger partial charge >= 0.3 is 12.1 Å². The number of hydrogen-bond donors (Lipinski definition) is 0. The SMILES string of the molecule is Cc1c(/C(=N\OC(=O)C(C)C)C(F)(F)F)cc(-c2ccc(S(C)(=O)=O)cc2)n1-c1ccc(F)cc1. The van der Waals surface area contributed by atoms with Crippen molar-refractivity contribution in [3.8, 4) is 16.9 Å². The van der Waals surface area contributed by atoms with Crippen LogP contribution in [0.2, 0.25) is 0 Å². The predicted octanol–water partition coefficient (Wildman–Crippen LogP) is 5.46. The van der Waals surface area contributed by atoms with Crippen molar-refractivity contribution < 1.29 is 35.6 Å². The summed E-state index contributed by atoms with van der Waals surface area (Å²) in [5, 5.41) is 3.14. The van der Waals surface area contributed by atoms with E-state index in [0.717, 1.165) is 18.4 Å². The Morgan fingerprint density at radius 2 is 1.60 bits per heavy atom. The zero-order valence-electron chi connectivity index (χ0n) is 19.2. The van der Waals surface area contributed by atoms with E-state index in [2.05, 4.69) is 9.99 Å². The van der Waals surface area contributed by atoms with Crippen LogP contribution < -0.4 is 0 Å². The standard InChI is InChI=1S/C24H22F4N2O4S/c1-14(2)23(31)34-29-22(24(26,27)28)20-13-21(16-5-11-19(12-6-16)35(4,32)33)30(15(20)3)18-9-7-17(25)8-10-18/h5-14H,1-4H3/b29-22+. The number of sulfone groups is 1. The van der Waals surface area contributed by atoms with Gasteiger partial charge in [0, 0.05) is 23.2 Å². The number of carbonyl (C=O) groups is 1. The Morgan fingerprint density at radius 3 is 2.09 bits per heavy atom. The molecule has 0 atom stereocenters. The van der Waals surface area contributed by atoms with Crippen LogP contribution in [0.3, 0.4) is 0 Å². The second-order valence-corrected chi connectivity index (χ2v) is 10.2. The van der Waals surface area contributed by atoms with Crippen molar-refractivity contribution in [3.05, 3.63) is 71.7 Å². The first-order chi connectivity index (χ1) is 16.2. The van der Waals surface area contributed by atoms with E-state index in [0.29, 0.717) is 11.3 Å². The highest BCUT2D eigenvalue weighted by Gasteiger charge is 2.40. The second kappa shape index (κ2) is 9.65. The Bertz CT molecular complexity index is 1370. The van der Waals surface area contributed by atoms with Crippen molar-refractivity contribution in [2.24, 2.45) is 11.1 Å². The third-order valence-corrected chi connectivity index (χ3v) is 6.26. The fourth-order valence-corrected chi connectivity index (χ4v) is 3.93. The molecule has 1 heterocycles. The lowest BCUT2D eigenvalue weighted by Gasteiger charge is -2.14. The van der Waals surface area contributed by atoms with E-state index in [-0.39, 0.29) is 21.8 Å². The van der Waals surface area contributed by atoms with Crippen LogP contribution in [0.4, 0.5) is 17.6 Å². The van der Waals surface area contributed by atoms with Gasteiger partial charge in [0.25, 0.3) is 0 Å². The molecule has 0 saturated heterocycles. The molecule has 0 saturated carbocycles. The van der Waals surface area contributed by atoms with Crippen molar-refractivity contribution in [2.75, 3.05) is 6.26 Å². The fourth-order valence-electron chi connectivity index (χ4n) is 3.30. The Hall–Kier alpha value is -3.47.